The molecule has 0 nitrogen and oxygen atoms in total. The zero-order valence-electron chi connectivity index (χ0n) is 4.98. The van der Waals surface area contributed by atoms with E-state index < -0.39 is 0 Å². The Balaban J connectivity index is 0.000000490. The summed E-state index contributed by atoms with van der Waals surface area (Å²) in [6.45, 7) is 2.17. The van der Waals surface area contributed by atoms with Gasteiger partial charge in [0.05, 0.1) is 0 Å². The van der Waals surface area contributed by atoms with Crippen molar-refractivity contribution in [3.05, 3.63) is 23.8 Å². The van der Waals surface area contributed by atoms with E-state index in [0.29, 0.717) is 0 Å². The summed E-state index contributed by atoms with van der Waals surface area (Å²) in [5, 5.41) is 0. The molecule has 1 aliphatic rings. The maximum Gasteiger partial charge on any atom is 0 e. The first-order valence-corrected chi connectivity index (χ1v) is 2.70. The standard InChI is InChI=1S/C7H10.Ir/c1-7-5-3-2-4-6-7;/h2-3,6H,4-5H2,1H3;. The number of allylic oxidation sites excluding steroid dienone is 4. The van der Waals surface area contributed by atoms with Crippen LogP contribution in [-0.4, -0.2) is 0 Å². The van der Waals surface area contributed by atoms with Gasteiger partial charge in [0.1, 0.15) is 0 Å². The Morgan fingerprint density at radius 1 is 1.38 bits per heavy atom. The fourth-order valence-electron chi connectivity index (χ4n) is 0.718. The van der Waals surface area contributed by atoms with E-state index in [-0.39, 0.29) is 20.1 Å². The van der Waals surface area contributed by atoms with Crippen molar-refractivity contribution in [3.8, 4) is 0 Å². The normalized spacial score (nSPS) is 16.9. The van der Waals surface area contributed by atoms with Crippen LogP contribution in [0.3, 0.4) is 0 Å². The first-order valence-electron chi connectivity index (χ1n) is 2.70. The third-order valence-electron chi connectivity index (χ3n) is 1.21. The van der Waals surface area contributed by atoms with E-state index >= 15 is 0 Å². The molecule has 1 aliphatic carbocycles. The fourth-order valence-corrected chi connectivity index (χ4v) is 0.718. The number of rotatable bonds is 0. The largest absolute Gasteiger partial charge is 0.0844 e. The summed E-state index contributed by atoms with van der Waals surface area (Å²) < 4.78 is 0. The van der Waals surface area contributed by atoms with Crippen molar-refractivity contribution in [1.82, 2.24) is 0 Å². The average molecular weight is 286 g/mol. The number of hydrogen-bond donors (Lipinski definition) is 0. The van der Waals surface area contributed by atoms with Crippen LogP contribution in [-0.2, 0) is 20.1 Å². The summed E-state index contributed by atoms with van der Waals surface area (Å²) in [6, 6.07) is 0. The van der Waals surface area contributed by atoms with E-state index in [4.69, 9.17) is 0 Å². The van der Waals surface area contributed by atoms with Gasteiger partial charge in [-0.25, -0.2) is 0 Å². The van der Waals surface area contributed by atoms with Crippen LogP contribution in [0, 0.1) is 0 Å². The smallest absolute Gasteiger partial charge is 0 e. The van der Waals surface area contributed by atoms with Crippen LogP contribution in [0.2, 0.25) is 0 Å². The second-order valence-corrected chi connectivity index (χ2v) is 1.96. The van der Waals surface area contributed by atoms with Gasteiger partial charge in [0.25, 0.3) is 0 Å². The van der Waals surface area contributed by atoms with E-state index in [0.717, 1.165) is 6.42 Å². The topological polar surface area (TPSA) is 0 Å². The monoisotopic (exact) mass is 287 g/mol. The fraction of sp³-hybridized carbons (Fsp3) is 0.429. The minimum atomic E-state index is 0. The zero-order chi connectivity index (χ0) is 5.11. The van der Waals surface area contributed by atoms with Gasteiger partial charge in [-0.3, -0.25) is 0 Å². The molecular formula is C7H10Ir. The van der Waals surface area contributed by atoms with Crippen LogP contribution in [0.25, 0.3) is 0 Å². The molecule has 0 heterocycles. The summed E-state index contributed by atoms with van der Waals surface area (Å²) in [5.41, 5.74) is 1.50. The van der Waals surface area contributed by atoms with Crippen LogP contribution in [0.4, 0.5) is 0 Å². The van der Waals surface area contributed by atoms with E-state index in [1.165, 1.54) is 12.0 Å². The molecule has 0 amide bonds. The summed E-state index contributed by atoms with van der Waals surface area (Å²) in [4.78, 5) is 0. The van der Waals surface area contributed by atoms with Crippen molar-refractivity contribution in [1.29, 1.82) is 0 Å². The first kappa shape index (κ1) is 8.13. The quantitative estimate of drug-likeness (QED) is 0.599. The molecule has 1 radical (unpaired) electrons. The third kappa shape index (κ3) is 2.44. The zero-order valence-corrected chi connectivity index (χ0v) is 7.37. The minimum absolute atomic E-state index is 0. The Morgan fingerprint density at radius 2 is 2.12 bits per heavy atom. The van der Waals surface area contributed by atoms with E-state index in [1.807, 2.05) is 0 Å². The molecule has 0 aromatic heterocycles. The van der Waals surface area contributed by atoms with Crippen LogP contribution in [0.15, 0.2) is 23.8 Å². The Kier molecular flexibility index (Phi) is 4.12. The molecule has 0 N–H and O–H groups in total. The van der Waals surface area contributed by atoms with Crippen LogP contribution >= 0.6 is 0 Å². The van der Waals surface area contributed by atoms with Gasteiger partial charge >= 0.3 is 0 Å². The molecule has 0 aromatic carbocycles. The molecule has 0 atom stereocenters. The van der Waals surface area contributed by atoms with E-state index in [2.05, 4.69) is 25.2 Å². The van der Waals surface area contributed by atoms with Gasteiger partial charge in [-0.15, -0.1) is 0 Å². The number of hydrogen-bond acceptors (Lipinski definition) is 0. The molecule has 0 spiro atoms. The molecule has 0 bridgehead atoms. The Morgan fingerprint density at radius 3 is 2.38 bits per heavy atom. The maximum absolute atomic E-state index is 2.26. The van der Waals surface area contributed by atoms with Gasteiger partial charge in [0.2, 0.25) is 0 Å². The molecular weight excluding hydrogens is 276 g/mol. The Hall–Kier alpha value is 0.129. The van der Waals surface area contributed by atoms with E-state index in [1.54, 1.807) is 0 Å². The van der Waals surface area contributed by atoms with Crippen molar-refractivity contribution in [2.24, 2.45) is 0 Å². The van der Waals surface area contributed by atoms with Gasteiger partial charge in [-0.2, -0.15) is 0 Å². The van der Waals surface area contributed by atoms with Gasteiger partial charge in [-0.1, -0.05) is 23.8 Å². The Bertz CT molecular complexity index is 112. The summed E-state index contributed by atoms with van der Waals surface area (Å²) in [7, 11) is 0. The molecule has 0 fully saturated rings. The van der Waals surface area contributed by atoms with Crippen molar-refractivity contribution in [3.63, 3.8) is 0 Å². The van der Waals surface area contributed by atoms with Crippen LogP contribution in [0.1, 0.15) is 19.8 Å². The Labute approximate surface area is 64.0 Å². The van der Waals surface area contributed by atoms with Gasteiger partial charge in [0.15, 0.2) is 0 Å². The second-order valence-electron chi connectivity index (χ2n) is 1.96. The molecule has 0 aliphatic heterocycles. The molecule has 0 aromatic rings. The van der Waals surface area contributed by atoms with Crippen molar-refractivity contribution in [2.45, 2.75) is 19.8 Å². The predicted molar refractivity (Wildman–Crippen MR) is 32.1 cm³/mol. The molecule has 47 valence electrons. The summed E-state index contributed by atoms with van der Waals surface area (Å²) in [6.07, 6.45) is 8.99. The van der Waals surface area contributed by atoms with Crippen LogP contribution in [0.5, 0.6) is 0 Å². The molecule has 1 rings (SSSR count). The van der Waals surface area contributed by atoms with Crippen molar-refractivity contribution < 1.29 is 20.1 Å². The predicted octanol–water partition coefficient (Wildman–Crippen LogP) is 2.28. The maximum atomic E-state index is 2.26. The van der Waals surface area contributed by atoms with Gasteiger partial charge < -0.3 is 0 Å². The summed E-state index contributed by atoms with van der Waals surface area (Å²) >= 11 is 0. The molecule has 0 saturated heterocycles. The third-order valence-corrected chi connectivity index (χ3v) is 1.21. The first-order chi connectivity index (χ1) is 3.39. The van der Waals surface area contributed by atoms with Gasteiger partial charge in [0, 0.05) is 20.1 Å². The molecule has 0 saturated carbocycles. The van der Waals surface area contributed by atoms with Crippen molar-refractivity contribution >= 4 is 0 Å². The summed E-state index contributed by atoms with van der Waals surface area (Å²) in [5.74, 6) is 0. The van der Waals surface area contributed by atoms with Crippen molar-refractivity contribution in [2.75, 3.05) is 0 Å². The average Bonchev–Trinajstić information content (AvgIpc) is 1.69. The molecule has 1 heteroatoms. The minimum Gasteiger partial charge on any atom is -0.0844 e. The molecule has 8 heavy (non-hydrogen) atoms. The van der Waals surface area contributed by atoms with E-state index in [9.17, 15) is 0 Å². The SMILES string of the molecule is CC1=CCC=CC1.[Ir]. The second kappa shape index (κ2) is 4.05. The van der Waals surface area contributed by atoms with Gasteiger partial charge in [-0.05, 0) is 19.8 Å². The van der Waals surface area contributed by atoms with Crippen LogP contribution < -0.4 is 0 Å². The molecule has 0 unspecified atom stereocenters.